The minimum atomic E-state index is 0.457. The minimum absolute atomic E-state index is 0.457. The van der Waals surface area contributed by atoms with E-state index in [2.05, 4.69) is 15.2 Å². The van der Waals surface area contributed by atoms with Crippen LogP contribution >= 0.6 is 23.2 Å². The molecule has 26 heavy (non-hydrogen) atoms. The van der Waals surface area contributed by atoms with Gasteiger partial charge in [-0.3, -0.25) is 9.25 Å². The van der Waals surface area contributed by atoms with E-state index in [0.29, 0.717) is 29.1 Å². The molecule has 0 aliphatic carbocycles. The SMILES string of the molecule is Cc1cnn(Cc2nc3n(n2)Cc2c(Cl)ncn2-c2ccc(Cl)cc2-3)c1. The Morgan fingerprint density at radius 3 is 2.92 bits per heavy atom. The van der Waals surface area contributed by atoms with Gasteiger partial charge in [0.15, 0.2) is 16.8 Å². The molecular formula is C17H13Cl2N7. The second-order valence-corrected chi connectivity index (χ2v) is 7.03. The average molecular weight is 386 g/mol. The van der Waals surface area contributed by atoms with Gasteiger partial charge in [0.2, 0.25) is 0 Å². The van der Waals surface area contributed by atoms with Crippen molar-refractivity contribution in [2.24, 2.45) is 0 Å². The molecule has 0 spiro atoms. The van der Waals surface area contributed by atoms with Crippen LogP contribution in [0.5, 0.6) is 0 Å². The first-order valence-electron chi connectivity index (χ1n) is 8.03. The largest absolute Gasteiger partial charge is 0.299 e. The maximum atomic E-state index is 6.30. The highest BCUT2D eigenvalue weighted by atomic mass is 35.5. The van der Waals surface area contributed by atoms with Crippen LogP contribution in [0, 0.1) is 6.92 Å². The molecule has 7 nitrogen and oxygen atoms in total. The zero-order valence-corrected chi connectivity index (χ0v) is 15.3. The highest BCUT2D eigenvalue weighted by Gasteiger charge is 2.24. The first-order valence-corrected chi connectivity index (χ1v) is 8.79. The maximum absolute atomic E-state index is 6.30. The number of benzene rings is 1. The predicted molar refractivity (Wildman–Crippen MR) is 97.8 cm³/mol. The molecule has 130 valence electrons. The molecule has 0 fully saturated rings. The number of hydrogen-bond acceptors (Lipinski definition) is 4. The molecule has 0 amide bonds. The number of imidazole rings is 1. The van der Waals surface area contributed by atoms with Gasteiger partial charge >= 0.3 is 0 Å². The van der Waals surface area contributed by atoms with Gasteiger partial charge in [-0.1, -0.05) is 23.2 Å². The van der Waals surface area contributed by atoms with Gasteiger partial charge in [-0.25, -0.2) is 14.6 Å². The lowest BCUT2D eigenvalue weighted by atomic mass is 10.1. The fourth-order valence-electron chi connectivity index (χ4n) is 3.20. The molecule has 0 bridgehead atoms. The highest BCUT2D eigenvalue weighted by Crippen LogP contribution is 2.34. The Bertz CT molecular complexity index is 1140. The van der Waals surface area contributed by atoms with Crippen molar-refractivity contribution in [2.75, 3.05) is 0 Å². The Morgan fingerprint density at radius 1 is 1.23 bits per heavy atom. The number of aryl methyl sites for hydroxylation is 1. The van der Waals surface area contributed by atoms with Crippen molar-refractivity contribution in [1.29, 1.82) is 0 Å². The first-order chi connectivity index (χ1) is 12.6. The Kier molecular flexibility index (Phi) is 3.41. The molecule has 0 saturated heterocycles. The van der Waals surface area contributed by atoms with Crippen LogP contribution in [0.15, 0.2) is 36.9 Å². The molecule has 3 aromatic heterocycles. The molecule has 1 aromatic carbocycles. The van der Waals surface area contributed by atoms with Gasteiger partial charge in [0.1, 0.15) is 12.9 Å². The van der Waals surface area contributed by atoms with E-state index in [9.17, 15) is 0 Å². The van der Waals surface area contributed by atoms with Crippen molar-refractivity contribution in [2.45, 2.75) is 20.0 Å². The van der Waals surface area contributed by atoms with Gasteiger partial charge in [0, 0.05) is 16.8 Å². The van der Waals surface area contributed by atoms with E-state index < -0.39 is 0 Å². The summed E-state index contributed by atoms with van der Waals surface area (Å²) in [6.07, 6.45) is 5.49. The van der Waals surface area contributed by atoms with E-state index >= 15 is 0 Å². The molecular weight excluding hydrogens is 373 g/mol. The minimum Gasteiger partial charge on any atom is -0.299 e. The van der Waals surface area contributed by atoms with Crippen molar-refractivity contribution in [1.82, 2.24) is 34.1 Å². The molecule has 0 N–H and O–H groups in total. The normalized spacial score (nSPS) is 12.4. The third-order valence-electron chi connectivity index (χ3n) is 4.36. The summed E-state index contributed by atoms with van der Waals surface area (Å²) in [4.78, 5) is 8.98. The second kappa shape index (κ2) is 5.69. The molecule has 1 aliphatic rings. The summed E-state index contributed by atoms with van der Waals surface area (Å²) in [7, 11) is 0. The van der Waals surface area contributed by atoms with E-state index in [1.165, 1.54) is 0 Å². The lowest BCUT2D eigenvalue weighted by Gasteiger charge is -2.08. The molecule has 0 unspecified atom stereocenters. The topological polar surface area (TPSA) is 66.3 Å². The zero-order valence-electron chi connectivity index (χ0n) is 13.8. The van der Waals surface area contributed by atoms with Crippen molar-refractivity contribution < 1.29 is 0 Å². The first kappa shape index (κ1) is 15.6. The van der Waals surface area contributed by atoms with Crippen molar-refractivity contribution in [3.63, 3.8) is 0 Å². The number of fused-ring (bicyclic) bond motifs is 5. The van der Waals surface area contributed by atoms with Gasteiger partial charge in [0.25, 0.3) is 0 Å². The standard InChI is InChI=1S/C17H13Cl2N7/c1-10-5-21-24(6-10)8-15-22-17-12-4-11(18)2-3-13(12)25-9-20-16(19)14(25)7-26(17)23-15/h2-6,9H,7-8H2,1H3. The Morgan fingerprint density at radius 2 is 2.12 bits per heavy atom. The molecule has 1 aliphatic heterocycles. The molecule has 9 heteroatoms. The molecule has 0 saturated carbocycles. The van der Waals surface area contributed by atoms with Crippen LogP contribution in [0.4, 0.5) is 0 Å². The fraction of sp³-hybridized carbons (Fsp3) is 0.176. The molecule has 0 atom stereocenters. The van der Waals surface area contributed by atoms with Crippen molar-refractivity contribution in [3.8, 4) is 17.1 Å². The van der Waals surface area contributed by atoms with Crippen LogP contribution in [0.3, 0.4) is 0 Å². The Balaban J connectivity index is 1.67. The number of nitrogens with zero attached hydrogens (tertiary/aromatic N) is 7. The van der Waals surface area contributed by atoms with Crippen molar-refractivity contribution >= 4 is 23.2 Å². The van der Waals surface area contributed by atoms with Gasteiger partial charge < -0.3 is 0 Å². The number of halogens is 2. The monoisotopic (exact) mass is 385 g/mol. The quantitative estimate of drug-likeness (QED) is 0.467. The zero-order chi connectivity index (χ0) is 17.8. The summed E-state index contributed by atoms with van der Waals surface area (Å²) in [6.45, 7) is 2.98. The number of hydrogen-bond donors (Lipinski definition) is 0. The van der Waals surface area contributed by atoms with E-state index in [1.807, 2.05) is 51.4 Å². The number of aromatic nitrogens is 7. The van der Waals surface area contributed by atoms with Gasteiger partial charge in [-0.15, -0.1) is 0 Å². The van der Waals surface area contributed by atoms with E-state index in [0.717, 1.165) is 28.3 Å². The maximum Gasteiger partial charge on any atom is 0.172 e. The van der Waals surface area contributed by atoms with Crippen LogP contribution in [0.1, 0.15) is 17.1 Å². The van der Waals surface area contributed by atoms with Crippen LogP contribution in [-0.4, -0.2) is 34.1 Å². The fourth-order valence-corrected chi connectivity index (χ4v) is 3.57. The van der Waals surface area contributed by atoms with Gasteiger partial charge in [-0.2, -0.15) is 10.2 Å². The Hall–Kier alpha value is -2.64. The Labute approximate surface area is 158 Å². The third-order valence-corrected chi connectivity index (χ3v) is 4.91. The summed E-state index contributed by atoms with van der Waals surface area (Å²) in [6, 6.07) is 5.68. The molecule has 4 heterocycles. The summed E-state index contributed by atoms with van der Waals surface area (Å²) in [5, 5.41) is 10.1. The summed E-state index contributed by atoms with van der Waals surface area (Å²) in [5.74, 6) is 1.43. The summed E-state index contributed by atoms with van der Waals surface area (Å²) >= 11 is 12.5. The summed E-state index contributed by atoms with van der Waals surface area (Å²) < 4.78 is 5.62. The smallest absolute Gasteiger partial charge is 0.172 e. The van der Waals surface area contributed by atoms with Crippen LogP contribution < -0.4 is 0 Å². The van der Waals surface area contributed by atoms with Gasteiger partial charge in [-0.05, 0) is 30.7 Å². The third kappa shape index (κ3) is 2.43. The van der Waals surface area contributed by atoms with Crippen molar-refractivity contribution in [3.05, 3.63) is 64.2 Å². The lowest BCUT2D eigenvalue weighted by molar-refractivity contribution is 0.622. The number of rotatable bonds is 2. The second-order valence-electron chi connectivity index (χ2n) is 6.24. The predicted octanol–water partition coefficient (Wildman–Crippen LogP) is 3.35. The van der Waals surface area contributed by atoms with Crippen LogP contribution in [0.2, 0.25) is 10.2 Å². The van der Waals surface area contributed by atoms with Crippen LogP contribution in [0.25, 0.3) is 17.1 Å². The summed E-state index contributed by atoms with van der Waals surface area (Å²) in [5.41, 5.74) is 3.77. The molecule has 4 aromatic rings. The van der Waals surface area contributed by atoms with E-state index in [4.69, 9.17) is 28.2 Å². The molecule has 5 rings (SSSR count). The highest BCUT2D eigenvalue weighted by molar-refractivity contribution is 6.31. The van der Waals surface area contributed by atoms with Crippen LogP contribution in [-0.2, 0) is 13.1 Å². The molecule has 0 radical (unpaired) electrons. The lowest BCUT2D eigenvalue weighted by Crippen LogP contribution is -2.07. The van der Waals surface area contributed by atoms with E-state index in [-0.39, 0.29) is 0 Å². The van der Waals surface area contributed by atoms with E-state index in [1.54, 1.807) is 6.33 Å². The van der Waals surface area contributed by atoms with Gasteiger partial charge in [0.05, 0.1) is 24.1 Å². The average Bonchev–Trinajstić information content (AvgIpc) is 3.28.